The van der Waals surface area contributed by atoms with Gasteiger partial charge in [0, 0.05) is 13.2 Å². The molecule has 0 radical (unpaired) electrons. The first kappa shape index (κ1) is 13.7. The molecule has 2 aliphatic rings. The van der Waals surface area contributed by atoms with E-state index in [-0.39, 0.29) is 42.7 Å². The van der Waals surface area contributed by atoms with Gasteiger partial charge in [-0.1, -0.05) is 6.08 Å². The molecular weight excluding hydrogens is 235 g/mol. The van der Waals surface area contributed by atoms with Crippen LogP contribution in [0.5, 0.6) is 0 Å². The Kier molecular flexibility index (Phi) is 4.54. The summed E-state index contributed by atoms with van der Waals surface area (Å²) in [5, 5.41) is 29.0. The second-order valence-electron chi connectivity index (χ2n) is 5.36. The van der Waals surface area contributed by atoms with E-state index in [1.54, 1.807) is 6.08 Å². The van der Waals surface area contributed by atoms with Gasteiger partial charge in [0.1, 0.15) is 5.83 Å². The van der Waals surface area contributed by atoms with Crippen LogP contribution in [0.1, 0.15) is 19.3 Å². The Balaban J connectivity index is 2.14. The minimum absolute atomic E-state index is 0.0348. The van der Waals surface area contributed by atoms with Gasteiger partial charge in [-0.2, -0.15) is 0 Å². The van der Waals surface area contributed by atoms with E-state index in [0.717, 1.165) is 6.42 Å². The molecule has 2 aliphatic carbocycles. The first-order valence-electron chi connectivity index (χ1n) is 6.61. The quantitative estimate of drug-likeness (QED) is 0.715. The Labute approximate surface area is 107 Å². The maximum absolute atomic E-state index is 13.0. The standard InChI is InChI=1S/C14H21FO3/c15-11-4-1-9(2-5-11)14-12(8-17)10(7-16)3-6-13(14)18/h1,4-5,9-10,12-14,16-18H,2-3,6-8H2/t9?,10-,12-,13+,14+/m1/s1. The third-order valence-corrected chi connectivity index (χ3v) is 4.40. The van der Waals surface area contributed by atoms with Gasteiger partial charge in [0.25, 0.3) is 0 Å². The van der Waals surface area contributed by atoms with Crippen LogP contribution in [0.25, 0.3) is 0 Å². The van der Waals surface area contributed by atoms with E-state index >= 15 is 0 Å². The monoisotopic (exact) mass is 256 g/mol. The van der Waals surface area contributed by atoms with E-state index in [2.05, 4.69) is 0 Å². The Morgan fingerprint density at radius 3 is 2.56 bits per heavy atom. The van der Waals surface area contributed by atoms with Crippen molar-refractivity contribution in [1.82, 2.24) is 0 Å². The lowest BCUT2D eigenvalue weighted by Gasteiger charge is -2.43. The molecule has 3 N–H and O–H groups in total. The largest absolute Gasteiger partial charge is 0.396 e. The number of hydrogen-bond donors (Lipinski definition) is 3. The van der Waals surface area contributed by atoms with Crippen LogP contribution in [0.2, 0.25) is 0 Å². The SMILES string of the molecule is OC[C@H]1CC[C@H](O)[C@@H](C2C=CC(F)=CC2)[C@@H]1CO. The molecule has 1 saturated carbocycles. The van der Waals surface area contributed by atoms with Crippen molar-refractivity contribution in [3.63, 3.8) is 0 Å². The fourth-order valence-corrected chi connectivity index (χ4v) is 3.39. The summed E-state index contributed by atoms with van der Waals surface area (Å²) in [5.41, 5.74) is 0. The molecule has 3 nitrogen and oxygen atoms in total. The zero-order valence-corrected chi connectivity index (χ0v) is 10.4. The van der Waals surface area contributed by atoms with Gasteiger partial charge >= 0.3 is 0 Å². The smallest absolute Gasteiger partial charge is 0.118 e. The van der Waals surface area contributed by atoms with Crippen LogP contribution in [-0.2, 0) is 0 Å². The zero-order valence-electron chi connectivity index (χ0n) is 10.4. The molecule has 1 fully saturated rings. The lowest BCUT2D eigenvalue weighted by molar-refractivity contribution is -0.0522. The number of rotatable bonds is 3. The van der Waals surface area contributed by atoms with Gasteiger partial charge in [-0.05, 0) is 55.1 Å². The van der Waals surface area contributed by atoms with Gasteiger partial charge < -0.3 is 15.3 Å². The summed E-state index contributed by atoms with van der Waals surface area (Å²) in [6.45, 7) is -0.00142. The van der Waals surface area contributed by atoms with E-state index in [9.17, 15) is 19.7 Å². The molecule has 0 aromatic rings. The van der Waals surface area contributed by atoms with Crippen molar-refractivity contribution < 1.29 is 19.7 Å². The van der Waals surface area contributed by atoms with E-state index < -0.39 is 6.10 Å². The summed E-state index contributed by atoms with van der Waals surface area (Å²) in [4.78, 5) is 0. The van der Waals surface area contributed by atoms with Crippen molar-refractivity contribution in [2.75, 3.05) is 13.2 Å². The molecule has 0 aromatic carbocycles. The van der Waals surface area contributed by atoms with Crippen LogP contribution in [-0.4, -0.2) is 34.6 Å². The molecule has 4 heteroatoms. The van der Waals surface area contributed by atoms with Crippen molar-refractivity contribution in [1.29, 1.82) is 0 Å². The average Bonchev–Trinajstić information content (AvgIpc) is 2.39. The van der Waals surface area contributed by atoms with E-state index in [1.807, 2.05) is 0 Å². The van der Waals surface area contributed by atoms with Gasteiger partial charge in [-0.25, -0.2) is 4.39 Å². The molecule has 0 aliphatic heterocycles. The van der Waals surface area contributed by atoms with Crippen molar-refractivity contribution in [3.05, 3.63) is 24.1 Å². The van der Waals surface area contributed by atoms with Crippen LogP contribution >= 0.6 is 0 Å². The highest BCUT2D eigenvalue weighted by Crippen LogP contribution is 2.41. The Hall–Kier alpha value is -0.710. The van der Waals surface area contributed by atoms with Gasteiger partial charge in [0.05, 0.1) is 6.10 Å². The number of aliphatic hydroxyl groups excluding tert-OH is 3. The summed E-state index contributed by atoms with van der Waals surface area (Å²) in [6, 6.07) is 0. The summed E-state index contributed by atoms with van der Waals surface area (Å²) in [6.07, 6.45) is 6.19. The summed E-state index contributed by atoms with van der Waals surface area (Å²) < 4.78 is 13.0. The molecule has 0 spiro atoms. The molecule has 2 rings (SSSR count). The van der Waals surface area contributed by atoms with Crippen LogP contribution < -0.4 is 0 Å². The van der Waals surface area contributed by atoms with E-state index in [1.165, 1.54) is 12.2 Å². The Morgan fingerprint density at radius 1 is 1.22 bits per heavy atom. The third kappa shape index (κ3) is 2.66. The molecule has 5 atom stereocenters. The Bertz CT molecular complexity index is 340. The van der Waals surface area contributed by atoms with E-state index in [0.29, 0.717) is 12.8 Å². The number of aliphatic hydroxyl groups is 3. The minimum atomic E-state index is -0.478. The van der Waals surface area contributed by atoms with Gasteiger partial charge in [-0.15, -0.1) is 0 Å². The van der Waals surface area contributed by atoms with Crippen molar-refractivity contribution in [2.24, 2.45) is 23.7 Å². The summed E-state index contributed by atoms with van der Waals surface area (Å²) >= 11 is 0. The van der Waals surface area contributed by atoms with Gasteiger partial charge in [0.15, 0.2) is 0 Å². The minimum Gasteiger partial charge on any atom is -0.396 e. The van der Waals surface area contributed by atoms with Crippen molar-refractivity contribution >= 4 is 0 Å². The lowest BCUT2D eigenvalue weighted by atomic mass is 9.65. The summed E-state index contributed by atoms with van der Waals surface area (Å²) in [5.74, 6) is -0.362. The first-order chi connectivity index (χ1) is 8.67. The maximum atomic E-state index is 13.0. The fraction of sp³-hybridized carbons (Fsp3) is 0.714. The molecular formula is C14H21FO3. The molecule has 0 amide bonds. The van der Waals surface area contributed by atoms with Crippen molar-refractivity contribution in [3.8, 4) is 0 Å². The lowest BCUT2D eigenvalue weighted by Crippen LogP contribution is -2.44. The topological polar surface area (TPSA) is 60.7 Å². The predicted octanol–water partition coefficient (Wildman–Crippen LogP) is 1.40. The highest BCUT2D eigenvalue weighted by Gasteiger charge is 2.41. The maximum Gasteiger partial charge on any atom is 0.118 e. The molecule has 0 saturated heterocycles. The first-order valence-corrected chi connectivity index (χ1v) is 6.61. The Morgan fingerprint density at radius 2 is 2.00 bits per heavy atom. The van der Waals surface area contributed by atoms with E-state index in [4.69, 9.17) is 0 Å². The van der Waals surface area contributed by atoms with Gasteiger partial charge in [-0.3, -0.25) is 0 Å². The zero-order chi connectivity index (χ0) is 13.1. The van der Waals surface area contributed by atoms with Crippen LogP contribution in [0.15, 0.2) is 24.1 Å². The average molecular weight is 256 g/mol. The molecule has 1 unspecified atom stereocenters. The number of allylic oxidation sites excluding steroid dienone is 4. The normalized spacial score (nSPS) is 40.7. The predicted molar refractivity (Wildman–Crippen MR) is 66.3 cm³/mol. The van der Waals surface area contributed by atoms with Crippen LogP contribution in [0.4, 0.5) is 4.39 Å². The number of hydrogen-bond acceptors (Lipinski definition) is 3. The summed E-state index contributed by atoms with van der Waals surface area (Å²) in [7, 11) is 0. The highest BCUT2D eigenvalue weighted by atomic mass is 19.1. The second-order valence-corrected chi connectivity index (χ2v) is 5.36. The van der Waals surface area contributed by atoms with Crippen LogP contribution in [0.3, 0.4) is 0 Å². The molecule has 18 heavy (non-hydrogen) atoms. The number of halogens is 1. The molecule has 0 aromatic heterocycles. The fourth-order valence-electron chi connectivity index (χ4n) is 3.39. The molecule has 0 bridgehead atoms. The second kappa shape index (κ2) is 5.95. The molecule has 102 valence electrons. The van der Waals surface area contributed by atoms with Gasteiger partial charge in [0.2, 0.25) is 0 Å². The van der Waals surface area contributed by atoms with Crippen molar-refractivity contribution in [2.45, 2.75) is 25.4 Å². The van der Waals surface area contributed by atoms with Crippen LogP contribution in [0, 0.1) is 23.7 Å². The third-order valence-electron chi connectivity index (χ3n) is 4.40. The molecule has 0 heterocycles. The highest BCUT2D eigenvalue weighted by molar-refractivity contribution is 5.19.